The Morgan fingerprint density at radius 3 is 2.72 bits per heavy atom. The van der Waals surface area contributed by atoms with Crippen molar-refractivity contribution < 1.29 is 22.7 Å². The number of carbonyl (C=O) groups is 1. The number of fused-ring (bicyclic) bond motifs is 1. The van der Waals surface area contributed by atoms with E-state index in [-0.39, 0.29) is 17.8 Å². The maximum atomic E-state index is 13.0. The molecule has 3 N–H and O–H groups in total. The molecule has 1 heterocycles. The lowest BCUT2D eigenvalue weighted by atomic mass is 9.97. The van der Waals surface area contributed by atoms with Crippen LogP contribution in [0.1, 0.15) is 28.4 Å². The van der Waals surface area contributed by atoms with Crippen LogP contribution in [0.3, 0.4) is 0 Å². The predicted molar refractivity (Wildman–Crippen MR) is 86.8 cm³/mol. The molecule has 0 radical (unpaired) electrons. The largest absolute Gasteiger partial charge is 0.416 e. The molecular formula is C18H17F3N2O2. The number of rotatable bonds is 3. The molecule has 0 spiro atoms. The third-order valence-electron chi connectivity index (χ3n) is 4.05. The van der Waals surface area contributed by atoms with Crippen LogP contribution in [0.2, 0.25) is 0 Å². The van der Waals surface area contributed by atoms with Gasteiger partial charge in [-0.25, -0.2) is 0 Å². The van der Waals surface area contributed by atoms with E-state index in [0.717, 1.165) is 23.3 Å². The van der Waals surface area contributed by atoms with Gasteiger partial charge in [-0.05, 0) is 41.3 Å². The Labute approximate surface area is 142 Å². The van der Waals surface area contributed by atoms with Crippen molar-refractivity contribution in [1.29, 1.82) is 0 Å². The zero-order chi connectivity index (χ0) is 18.0. The summed E-state index contributed by atoms with van der Waals surface area (Å²) in [4.78, 5) is 12.5. The molecular weight excluding hydrogens is 333 g/mol. The van der Waals surface area contributed by atoms with E-state index < -0.39 is 23.8 Å². The molecule has 0 fully saturated rings. The first kappa shape index (κ1) is 17.4. The average Bonchev–Trinajstić information content (AvgIpc) is 2.60. The monoisotopic (exact) mass is 350 g/mol. The number of benzene rings is 2. The van der Waals surface area contributed by atoms with E-state index in [9.17, 15) is 18.0 Å². The van der Waals surface area contributed by atoms with Gasteiger partial charge in [-0.15, -0.1) is 0 Å². The molecule has 0 bridgehead atoms. The van der Waals surface area contributed by atoms with Gasteiger partial charge in [0.1, 0.15) is 0 Å². The van der Waals surface area contributed by atoms with Crippen LogP contribution in [0.5, 0.6) is 0 Å². The molecule has 0 aliphatic carbocycles. The van der Waals surface area contributed by atoms with Crippen molar-refractivity contribution in [1.82, 2.24) is 0 Å². The van der Waals surface area contributed by atoms with Gasteiger partial charge in [0.2, 0.25) is 0 Å². The van der Waals surface area contributed by atoms with Crippen LogP contribution >= 0.6 is 0 Å². The first-order chi connectivity index (χ1) is 11.9. The second-order valence-corrected chi connectivity index (χ2v) is 5.81. The minimum atomic E-state index is -4.52. The van der Waals surface area contributed by atoms with Gasteiger partial charge in [0, 0.05) is 12.2 Å². The standard InChI is InChI=1S/C18H17F3N2O2/c19-18(20,21)13-7-11(10-22)8-14(9-13)23-17(24)16-15-4-2-1-3-12(15)5-6-25-16/h1-4,7-9,16H,5-6,10,22H2,(H,23,24). The van der Waals surface area contributed by atoms with Crippen molar-refractivity contribution in [2.75, 3.05) is 11.9 Å². The predicted octanol–water partition coefficient (Wildman–Crippen LogP) is 3.42. The van der Waals surface area contributed by atoms with E-state index in [4.69, 9.17) is 10.5 Å². The first-order valence-electron chi connectivity index (χ1n) is 7.80. The Kier molecular flexibility index (Phi) is 4.78. The molecule has 0 saturated heterocycles. The topological polar surface area (TPSA) is 64.3 Å². The molecule has 2 aromatic rings. The number of carbonyl (C=O) groups excluding carboxylic acids is 1. The lowest BCUT2D eigenvalue weighted by Gasteiger charge is -2.25. The van der Waals surface area contributed by atoms with E-state index in [1.165, 1.54) is 6.07 Å². The third-order valence-corrected chi connectivity index (χ3v) is 4.05. The second-order valence-electron chi connectivity index (χ2n) is 5.81. The fraction of sp³-hybridized carbons (Fsp3) is 0.278. The highest BCUT2D eigenvalue weighted by molar-refractivity contribution is 5.95. The summed E-state index contributed by atoms with van der Waals surface area (Å²) in [7, 11) is 0. The highest BCUT2D eigenvalue weighted by atomic mass is 19.4. The summed E-state index contributed by atoms with van der Waals surface area (Å²) in [6.45, 7) is 0.321. The number of ether oxygens (including phenoxy) is 1. The molecule has 1 aliphatic rings. The number of hydrogen-bond acceptors (Lipinski definition) is 3. The summed E-state index contributed by atoms with van der Waals surface area (Å²) in [5, 5.41) is 2.52. The van der Waals surface area contributed by atoms with Crippen molar-refractivity contribution in [3.05, 3.63) is 64.7 Å². The van der Waals surface area contributed by atoms with E-state index in [2.05, 4.69) is 5.32 Å². The molecule has 0 saturated carbocycles. The van der Waals surface area contributed by atoms with Crippen molar-refractivity contribution in [3.63, 3.8) is 0 Å². The minimum Gasteiger partial charge on any atom is -0.363 e. The van der Waals surface area contributed by atoms with Crippen LogP contribution < -0.4 is 11.1 Å². The highest BCUT2D eigenvalue weighted by Gasteiger charge is 2.32. The minimum absolute atomic E-state index is 0.0481. The van der Waals surface area contributed by atoms with Gasteiger partial charge in [0.25, 0.3) is 5.91 Å². The smallest absolute Gasteiger partial charge is 0.363 e. The van der Waals surface area contributed by atoms with Crippen molar-refractivity contribution >= 4 is 11.6 Å². The molecule has 1 unspecified atom stereocenters. The van der Waals surface area contributed by atoms with E-state index in [1.807, 2.05) is 12.1 Å². The van der Waals surface area contributed by atoms with Gasteiger partial charge in [0.15, 0.2) is 6.10 Å². The van der Waals surface area contributed by atoms with Gasteiger partial charge < -0.3 is 15.8 Å². The van der Waals surface area contributed by atoms with Gasteiger partial charge in [-0.1, -0.05) is 24.3 Å². The Bertz CT molecular complexity index is 790. The second kappa shape index (κ2) is 6.85. The molecule has 132 valence electrons. The Balaban J connectivity index is 1.87. The number of halogens is 3. The van der Waals surface area contributed by atoms with Crippen LogP contribution in [-0.4, -0.2) is 12.5 Å². The zero-order valence-electron chi connectivity index (χ0n) is 13.3. The Hall–Kier alpha value is -2.38. The maximum absolute atomic E-state index is 13.0. The van der Waals surface area contributed by atoms with Gasteiger partial charge >= 0.3 is 6.18 Å². The number of alkyl halides is 3. The van der Waals surface area contributed by atoms with E-state index >= 15 is 0 Å². The summed E-state index contributed by atoms with van der Waals surface area (Å²) in [6.07, 6.45) is -4.67. The Morgan fingerprint density at radius 2 is 2.00 bits per heavy atom. The normalized spacial score (nSPS) is 17.0. The zero-order valence-corrected chi connectivity index (χ0v) is 13.3. The summed E-state index contributed by atoms with van der Waals surface area (Å²) in [5.74, 6) is -0.505. The Morgan fingerprint density at radius 1 is 1.24 bits per heavy atom. The fourth-order valence-electron chi connectivity index (χ4n) is 2.86. The molecule has 1 atom stereocenters. The number of amides is 1. The number of anilines is 1. The summed E-state index contributed by atoms with van der Waals surface area (Å²) in [6, 6.07) is 10.7. The van der Waals surface area contributed by atoms with Crippen LogP contribution in [-0.2, 0) is 28.7 Å². The SMILES string of the molecule is NCc1cc(NC(=O)C2OCCc3ccccc32)cc(C(F)(F)F)c1. The fourth-order valence-corrected chi connectivity index (χ4v) is 2.86. The van der Waals surface area contributed by atoms with Crippen LogP contribution in [0.25, 0.3) is 0 Å². The molecule has 0 aromatic heterocycles. The van der Waals surface area contributed by atoms with E-state index in [1.54, 1.807) is 12.1 Å². The maximum Gasteiger partial charge on any atom is 0.416 e. The molecule has 3 rings (SSSR count). The van der Waals surface area contributed by atoms with Gasteiger partial charge in [0.05, 0.1) is 12.2 Å². The number of nitrogens with one attached hydrogen (secondary N) is 1. The first-order valence-corrected chi connectivity index (χ1v) is 7.80. The van der Waals surface area contributed by atoms with Gasteiger partial charge in [-0.2, -0.15) is 13.2 Å². The molecule has 4 nitrogen and oxygen atoms in total. The quantitative estimate of drug-likeness (QED) is 0.892. The average molecular weight is 350 g/mol. The summed E-state index contributed by atoms with van der Waals surface area (Å²) < 4.78 is 44.5. The summed E-state index contributed by atoms with van der Waals surface area (Å²) in [5.41, 5.74) is 6.68. The summed E-state index contributed by atoms with van der Waals surface area (Å²) >= 11 is 0. The van der Waals surface area contributed by atoms with Crippen LogP contribution in [0.15, 0.2) is 42.5 Å². The third kappa shape index (κ3) is 3.83. The van der Waals surface area contributed by atoms with Crippen LogP contribution in [0, 0.1) is 0 Å². The van der Waals surface area contributed by atoms with Crippen LogP contribution in [0.4, 0.5) is 18.9 Å². The van der Waals surface area contributed by atoms with Crippen molar-refractivity contribution in [2.45, 2.75) is 25.2 Å². The molecule has 7 heteroatoms. The molecule has 1 aliphatic heterocycles. The van der Waals surface area contributed by atoms with Crippen molar-refractivity contribution in [3.8, 4) is 0 Å². The molecule has 2 aromatic carbocycles. The lowest BCUT2D eigenvalue weighted by molar-refractivity contribution is -0.137. The highest BCUT2D eigenvalue weighted by Crippen LogP contribution is 2.33. The number of hydrogen-bond donors (Lipinski definition) is 2. The molecule has 1 amide bonds. The van der Waals surface area contributed by atoms with Crippen molar-refractivity contribution in [2.24, 2.45) is 5.73 Å². The number of nitrogens with two attached hydrogens (primary N) is 1. The molecule has 25 heavy (non-hydrogen) atoms. The van der Waals surface area contributed by atoms with Gasteiger partial charge in [-0.3, -0.25) is 4.79 Å². The van der Waals surface area contributed by atoms with E-state index in [0.29, 0.717) is 13.0 Å². The lowest BCUT2D eigenvalue weighted by Crippen LogP contribution is -2.28.